The van der Waals surface area contributed by atoms with E-state index in [1.54, 1.807) is 6.92 Å². The standard InChI is InChI=1S/C28H24O10/c1-6-24(29)34-19-14-20(35-25(30)7-2)16-21(15-19)36-28(33)17(5)12-18-10-11-22(37-26(31)8-3)23(13-18)38-27(32)9-4/h6-16,28,33H,1-4H2,5H3/b17-12+. The molecule has 0 spiro atoms. The van der Waals surface area contributed by atoms with Crippen LogP contribution in [-0.4, -0.2) is 35.3 Å². The Bertz CT molecular complexity index is 1280. The molecule has 0 saturated heterocycles. The van der Waals surface area contributed by atoms with Crippen molar-refractivity contribution < 1.29 is 48.0 Å². The van der Waals surface area contributed by atoms with Crippen LogP contribution in [-0.2, 0) is 19.2 Å². The lowest BCUT2D eigenvalue weighted by molar-refractivity contribution is -0.131. The third kappa shape index (κ3) is 8.77. The average Bonchev–Trinajstić information content (AvgIpc) is 2.89. The molecule has 0 aliphatic rings. The molecule has 0 bridgehead atoms. The summed E-state index contributed by atoms with van der Waals surface area (Å²) < 4.78 is 25.9. The van der Waals surface area contributed by atoms with Crippen molar-refractivity contribution in [2.24, 2.45) is 0 Å². The van der Waals surface area contributed by atoms with Gasteiger partial charge in [-0.2, -0.15) is 0 Å². The monoisotopic (exact) mass is 520 g/mol. The number of ether oxygens (including phenoxy) is 5. The fraction of sp³-hybridized carbons (Fsp3) is 0.0714. The maximum atomic E-state index is 11.7. The first kappa shape index (κ1) is 29.0. The van der Waals surface area contributed by atoms with Gasteiger partial charge in [0.05, 0.1) is 0 Å². The molecule has 0 aliphatic heterocycles. The van der Waals surface area contributed by atoms with Gasteiger partial charge in [-0.05, 0) is 36.3 Å². The highest BCUT2D eigenvalue weighted by atomic mass is 16.6. The van der Waals surface area contributed by atoms with E-state index in [0.29, 0.717) is 11.1 Å². The maximum Gasteiger partial charge on any atom is 0.335 e. The number of hydrogen-bond acceptors (Lipinski definition) is 10. The van der Waals surface area contributed by atoms with E-state index in [9.17, 15) is 24.3 Å². The van der Waals surface area contributed by atoms with Crippen LogP contribution in [0, 0.1) is 0 Å². The summed E-state index contributed by atoms with van der Waals surface area (Å²) in [7, 11) is 0. The zero-order valence-corrected chi connectivity index (χ0v) is 20.4. The van der Waals surface area contributed by atoms with Gasteiger partial charge in [-0.15, -0.1) is 0 Å². The van der Waals surface area contributed by atoms with E-state index in [1.165, 1.54) is 42.5 Å². The molecule has 196 valence electrons. The van der Waals surface area contributed by atoms with Gasteiger partial charge in [-0.3, -0.25) is 0 Å². The minimum atomic E-state index is -1.51. The molecule has 0 heterocycles. The Morgan fingerprint density at radius 2 is 1.13 bits per heavy atom. The predicted molar refractivity (Wildman–Crippen MR) is 136 cm³/mol. The smallest absolute Gasteiger partial charge is 0.335 e. The third-order valence-electron chi connectivity index (χ3n) is 4.38. The van der Waals surface area contributed by atoms with Crippen molar-refractivity contribution in [2.45, 2.75) is 13.2 Å². The van der Waals surface area contributed by atoms with Crippen LogP contribution < -0.4 is 23.7 Å². The molecule has 0 saturated carbocycles. The molecule has 0 aromatic heterocycles. The third-order valence-corrected chi connectivity index (χ3v) is 4.38. The molecule has 1 atom stereocenters. The lowest BCUT2D eigenvalue weighted by atomic mass is 10.1. The number of rotatable bonds is 12. The van der Waals surface area contributed by atoms with Crippen LogP contribution in [0.15, 0.2) is 92.6 Å². The second-order valence-electron chi connectivity index (χ2n) is 7.21. The highest BCUT2D eigenvalue weighted by molar-refractivity contribution is 5.86. The van der Waals surface area contributed by atoms with E-state index < -0.39 is 30.2 Å². The van der Waals surface area contributed by atoms with Crippen LogP contribution in [0.2, 0.25) is 0 Å². The summed E-state index contributed by atoms with van der Waals surface area (Å²) in [4.78, 5) is 46.5. The summed E-state index contributed by atoms with van der Waals surface area (Å²) in [6.07, 6.45) is 3.76. The normalized spacial score (nSPS) is 11.3. The van der Waals surface area contributed by atoms with E-state index in [2.05, 4.69) is 26.3 Å². The SMILES string of the molecule is C=CC(=O)Oc1cc(OC(=O)C=C)cc(OC(O)/C(C)=C/c2ccc(OC(=O)C=C)c(OC(=O)C=C)c2)c1. The van der Waals surface area contributed by atoms with Gasteiger partial charge in [-0.25, -0.2) is 19.2 Å². The fourth-order valence-electron chi connectivity index (χ4n) is 2.68. The van der Waals surface area contributed by atoms with Crippen molar-refractivity contribution in [3.63, 3.8) is 0 Å². The molecule has 2 aromatic rings. The van der Waals surface area contributed by atoms with Crippen molar-refractivity contribution in [1.29, 1.82) is 0 Å². The Balaban J connectivity index is 2.34. The van der Waals surface area contributed by atoms with Crippen molar-refractivity contribution in [2.75, 3.05) is 0 Å². The predicted octanol–water partition coefficient (Wildman–Crippen LogP) is 3.85. The number of carbonyl (C=O) groups excluding carboxylic acids is 4. The van der Waals surface area contributed by atoms with Gasteiger partial charge in [-0.1, -0.05) is 32.4 Å². The van der Waals surface area contributed by atoms with E-state index in [0.717, 1.165) is 24.3 Å². The van der Waals surface area contributed by atoms with Gasteiger partial charge >= 0.3 is 23.9 Å². The minimum Gasteiger partial charge on any atom is -0.461 e. The molecule has 0 aliphatic carbocycles. The van der Waals surface area contributed by atoms with Gasteiger partial charge in [0.2, 0.25) is 6.29 Å². The Labute approximate surface area is 218 Å². The quantitative estimate of drug-likeness (QED) is 0.190. The first-order valence-electron chi connectivity index (χ1n) is 10.8. The number of aliphatic hydroxyl groups excluding tert-OH is 1. The Kier molecular flexibility index (Phi) is 10.5. The van der Waals surface area contributed by atoms with Crippen LogP contribution >= 0.6 is 0 Å². The van der Waals surface area contributed by atoms with E-state index in [-0.39, 0.29) is 28.7 Å². The summed E-state index contributed by atoms with van der Waals surface area (Å²) in [6.45, 7) is 14.8. The topological polar surface area (TPSA) is 135 Å². The maximum absolute atomic E-state index is 11.7. The van der Waals surface area contributed by atoms with Gasteiger partial charge in [0.15, 0.2) is 11.5 Å². The molecule has 10 nitrogen and oxygen atoms in total. The molecule has 1 N–H and O–H groups in total. The second-order valence-corrected chi connectivity index (χ2v) is 7.21. The molecule has 0 amide bonds. The molecule has 0 radical (unpaired) electrons. The second kappa shape index (κ2) is 13.8. The lowest BCUT2D eigenvalue weighted by Gasteiger charge is -2.16. The molecule has 1 unspecified atom stereocenters. The fourth-order valence-corrected chi connectivity index (χ4v) is 2.68. The lowest BCUT2D eigenvalue weighted by Crippen LogP contribution is -2.17. The summed E-state index contributed by atoms with van der Waals surface area (Å²) in [5.41, 5.74) is 0.740. The number of benzene rings is 2. The van der Waals surface area contributed by atoms with Crippen molar-refractivity contribution >= 4 is 30.0 Å². The summed E-state index contributed by atoms with van der Waals surface area (Å²) >= 11 is 0. The van der Waals surface area contributed by atoms with Crippen LogP contribution in [0.25, 0.3) is 6.08 Å². The van der Waals surface area contributed by atoms with Crippen LogP contribution in [0.5, 0.6) is 28.7 Å². The first-order chi connectivity index (χ1) is 18.1. The Morgan fingerprint density at radius 1 is 0.684 bits per heavy atom. The van der Waals surface area contributed by atoms with Crippen LogP contribution in [0.1, 0.15) is 12.5 Å². The van der Waals surface area contributed by atoms with Crippen molar-refractivity contribution in [1.82, 2.24) is 0 Å². The molecule has 2 rings (SSSR count). The van der Waals surface area contributed by atoms with Crippen LogP contribution in [0.3, 0.4) is 0 Å². The van der Waals surface area contributed by atoms with Gasteiger partial charge < -0.3 is 28.8 Å². The highest BCUT2D eigenvalue weighted by Crippen LogP contribution is 2.32. The summed E-state index contributed by atoms with van der Waals surface area (Å²) in [5, 5.41) is 10.6. The largest absolute Gasteiger partial charge is 0.461 e. The van der Waals surface area contributed by atoms with E-state index in [4.69, 9.17) is 23.7 Å². The molecule has 0 fully saturated rings. The number of esters is 4. The van der Waals surface area contributed by atoms with E-state index >= 15 is 0 Å². The van der Waals surface area contributed by atoms with Gasteiger partial charge in [0.25, 0.3) is 0 Å². The number of hydrogen-bond donors (Lipinski definition) is 1. The zero-order chi connectivity index (χ0) is 28.2. The number of carbonyl (C=O) groups is 4. The molecular formula is C28H24O10. The zero-order valence-electron chi connectivity index (χ0n) is 20.4. The summed E-state index contributed by atoms with van der Waals surface area (Å²) in [5.74, 6) is -3.27. The molecule has 10 heteroatoms. The molecule has 38 heavy (non-hydrogen) atoms. The Morgan fingerprint density at radius 3 is 1.63 bits per heavy atom. The Hall–Kier alpha value is -5.22. The highest BCUT2D eigenvalue weighted by Gasteiger charge is 2.16. The minimum absolute atomic E-state index is 0.00115. The molecular weight excluding hydrogens is 496 g/mol. The van der Waals surface area contributed by atoms with E-state index in [1.807, 2.05) is 0 Å². The molecule has 2 aromatic carbocycles. The average molecular weight is 520 g/mol. The van der Waals surface area contributed by atoms with Gasteiger partial charge in [0.1, 0.15) is 17.2 Å². The number of aliphatic hydroxyl groups is 1. The summed E-state index contributed by atoms with van der Waals surface area (Å²) in [6, 6.07) is 8.16. The van der Waals surface area contributed by atoms with Crippen LogP contribution in [0.4, 0.5) is 0 Å². The van der Waals surface area contributed by atoms with Crippen molar-refractivity contribution in [3.8, 4) is 28.7 Å². The van der Waals surface area contributed by atoms with Crippen molar-refractivity contribution in [3.05, 3.63) is 98.2 Å². The van der Waals surface area contributed by atoms with Gasteiger partial charge in [0, 0.05) is 42.5 Å². The first-order valence-corrected chi connectivity index (χ1v) is 10.8.